The van der Waals surface area contributed by atoms with Crippen molar-refractivity contribution in [2.75, 3.05) is 18.0 Å². The lowest BCUT2D eigenvalue weighted by Crippen LogP contribution is -2.44. The highest BCUT2D eigenvalue weighted by atomic mass is 16.2. The Morgan fingerprint density at radius 2 is 1.79 bits per heavy atom. The minimum absolute atomic E-state index is 0.0373. The molecule has 0 aliphatic carbocycles. The molecule has 5 rings (SSSR count). The van der Waals surface area contributed by atoms with Crippen molar-refractivity contribution in [3.05, 3.63) is 75.1 Å². The minimum Gasteiger partial charge on any atom is -0.341 e. The number of hydrogen-bond donors (Lipinski definition) is 0. The molecule has 2 aliphatic rings. The zero-order valence-corrected chi connectivity index (χ0v) is 15.9. The number of piperidine rings is 1. The van der Waals surface area contributed by atoms with E-state index in [9.17, 15) is 9.59 Å². The Kier molecular flexibility index (Phi) is 4.22. The van der Waals surface area contributed by atoms with Gasteiger partial charge in [-0.1, -0.05) is 6.07 Å². The van der Waals surface area contributed by atoms with Crippen LogP contribution in [0.5, 0.6) is 0 Å². The van der Waals surface area contributed by atoms with E-state index < -0.39 is 11.1 Å². The van der Waals surface area contributed by atoms with Crippen molar-refractivity contribution in [1.82, 2.24) is 29.3 Å². The average Bonchev–Trinajstić information content (AvgIpc) is 3.11. The molecule has 29 heavy (non-hydrogen) atoms. The second-order valence-electron chi connectivity index (χ2n) is 7.84. The van der Waals surface area contributed by atoms with Crippen LogP contribution in [0, 0.1) is 5.41 Å². The summed E-state index contributed by atoms with van der Waals surface area (Å²) < 4.78 is 2.86. The smallest absolute Gasteiger partial charge is 0.332 e. The van der Waals surface area contributed by atoms with Crippen molar-refractivity contribution in [3.63, 3.8) is 0 Å². The third-order valence-electron chi connectivity index (χ3n) is 5.95. The molecule has 0 saturated carbocycles. The van der Waals surface area contributed by atoms with E-state index in [-0.39, 0.29) is 12.0 Å². The van der Waals surface area contributed by atoms with Gasteiger partial charge in [-0.3, -0.25) is 19.1 Å². The lowest BCUT2D eigenvalue weighted by molar-refractivity contribution is 0.212. The molecule has 1 fully saturated rings. The molecular formula is C20H21N7O2. The summed E-state index contributed by atoms with van der Waals surface area (Å²) in [5, 5.41) is 4.54. The first-order valence-corrected chi connectivity index (χ1v) is 9.75. The zero-order chi connectivity index (χ0) is 19.8. The van der Waals surface area contributed by atoms with E-state index in [4.69, 9.17) is 0 Å². The molecule has 5 heterocycles. The Morgan fingerprint density at radius 1 is 1.00 bits per heavy atom. The molecule has 0 N–H and O–H groups in total. The molecule has 3 aromatic heterocycles. The number of hydrogen-bond acceptors (Lipinski definition) is 7. The predicted octanol–water partition coefficient (Wildman–Crippen LogP) is 0.481. The molecule has 0 atom stereocenters. The summed E-state index contributed by atoms with van der Waals surface area (Å²) in [6, 6.07) is 5.48. The lowest BCUT2D eigenvalue weighted by Gasteiger charge is -2.38. The molecule has 9 heteroatoms. The van der Waals surface area contributed by atoms with Crippen LogP contribution in [-0.2, 0) is 19.5 Å². The van der Waals surface area contributed by atoms with Gasteiger partial charge in [0.1, 0.15) is 5.82 Å². The number of aromatic nitrogens is 6. The van der Waals surface area contributed by atoms with Crippen molar-refractivity contribution in [1.29, 1.82) is 0 Å². The summed E-state index contributed by atoms with van der Waals surface area (Å²) >= 11 is 0. The molecule has 0 radical (unpaired) electrons. The summed E-state index contributed by atoms with van der Waals surface area (Å²) in [6.07, 6.45) is 9.38. The van der Waals surface area contributed by atoms with Crippen molar-refractivity contribution in [2.24, 2.45) is 5.41 Å². The van der Waals surface area contributed by atoms with Crippen LogP contribution < -0.4 is 16.0 Å². The lowest BCUT2D eigenvalue weighted by atomic mass is 9.77. The molecule has 0 aromatic carbocycles. The van der Waals surface area contributed by atoms with Gasteiger partial charge in [-0.15, -0.1) is 0 Å². The first-order chi connectivity index (χ1) is 14.1. The fraction of sp³-hybridized carbons (Fsp3) is 0.400. The number of nitrogens with zero attached hydrogens (tertiary/aromatic N) is 7. The monoisotopic (exact) mass is 391 g/mol. The summed E-state index contributed by atoms with van der Waals surface area (Å²) in [6.45, 7) is 2.46. The van der Waals surface area contributed by atoms with E-state index >= 15 is 0 Å². The second-order valence-corrected chi connectivity index (χ2v) is 7.84. The Bertz CT molecular complexity index is 1130. The molecule has 1 spiro atoms. The van der Waals surface area contributed by atoms with Gasteiger partial charge in [0.15, 0.2) is 0 Å². The maximum absolute atomic E-state index is 12.7. The van der Waals surface area contributed by atoms with Crippen molar-refractivity contribution < 1.29 is 0 Å². The van der Waals surface area contributed by atoms with E-state index in [1.54, 1.807) is 35.4 Å². The van der Waals surface area contributed by atoms with Crippen molar-refractivity contribution >= 4 is 5.95 Å². The van der Waals surface area contributed by atoms with Crippen LogP contribution in [0.25, 0.3) is 0 Å². The quantitative estimate of drug-likeness (QED) is 0.599. The van der Waals surface area contributed by atoms with Crippen LogP contribution in [0.2, 0.25) is 0 Å². The molecule has 0 bridgehead atoms. The highest BCUT2D eigenvalue weighted by molar-refractivity contribution is 5.30. The van der Waals surface area contributed by atoms with Crippen LogP contribution in [0.3, 0.4) is 0 Å². The fourth-order valence-electron chi connectivity index (χ4n) is 4.34. The highest BCUT2D eigenvalue weighted by Crippen LogP contribution is 2.40. The molecule has 3 aromatic rings. The molecule has 148 valence electrons. The Labute approximate surface area is 166 Å². The molecular weight excluding hydrogens is 370 g/mol. The number of pyridine rings is 1. The van der Waals surface area contributed by atoms with E-state index in [2.05, 4.69) is 25.0 Å². The molecule has 9 nitrogen and oxygen atoms in total. The molecule has 0 amide bonds. The zero-order valence-electron chi connectivity index (χ0n) is 15.9. The van der Waals surface area contributed by atoms with Gasteiger partial charge in [-0.2, -0.15) is 5.10 Å². The highest BCUT2D eigenvalue weighted by Gasteiger charge is 2.42. The SMILES string of the molecule is O=c1c(=O)n2c(nn1Cc1cccnc1)CC1(CCN(c3ncccn3)CC1)C2. The first kappa shape index (κ1) is 17.7. The van der Waals surface area contributed by atoms with Gasteiger partial charge in [-0.25, -0.2) is 14.6 Å². The van der Waals surface area contributed by atoms with E-state index in [0.29, 0.717) is 18.8 Å². The van der Waals surface area contributed by atoms with Gasteiger partial charge in [0, 0.05) is 50.8 Å². The van der Waals surface area contributed by atoms with Crippen LogP contribution in [0.15, 0.2) is 52.6 Å². The molecule has 2 aliphatic heterocycles. The maximum Gasteiger partial charge on any atom is 0.332 e. The van der Waals surface area contributed by atoms with Gasteiger partial charge in [0.2, 0.25) is 5.95 Å². The topological polar surface area (TPSA) is 98.8 Å². The van der Waals surface area contributed by atoms with Gasteiger partial charge >= 0.3 is 11.1 Å². The van der Waals surface area contributed by atoms with Gasteiger partial charge in [0.05, 0.1) is 6.54 Å². The van der Waals surface area contributed by atoms with Crippen LogP contribution in [0.4, 0.5) is 5.95 Å². The fourth-order valence-corrected chi connectivity index (χ4v) is 4.34. The number of fused-ring (bicyclic) bond motifs is 1. The number of anilines is 1. The van der Waals surface area contributed by atoms with Crippen molar-refractivity contribution in [2.45, 2.75) is 32.4 Å². The van der Waals surface area contributed by atoms with Crippen LogP contribution >= 0.6 is 0 Å². The Hall–Kier alpha value is -3.36. The van der Waals surface area contributed by atoms with Gasteiger partial charge in [-0.05, 0) is 36.0 Å². The summed E-state index contributed by atoms with van der Waals surface area (Å²) in [5.74, 6) is 1.44. The van der Waals surface area contributed by atoms with Gasteiger partial charge < -0.3 is 4.90 Å². The summed E-state index contributed by atoms with van der Waals surface area (Å²) in [7, 11) is 0. The second kappa shape index (κ2) is 6.91. The number of rotatable bonds is 3. The van der Waals surface area contributed by atoms with Crippen molar-refractivity contribution in [3.8, 4) is 0 Å². The minimum atomic E-state index is -0.579. The Morgan fingerprint density at radius 3 is 2.52 bits per heavy atom. The first-order valence-electron chi connectivity index (χ1n) is 9.75. The van der Waals surface area contributed by atoms with Crippen LogP contribution in [0.1, 0.15) is 24.2 Å². The standard InChI is InChI=1S/C20H21N7O2/c28-17-18(29)27(13-15-3-1-6-21-12-15)24-16-11-20(14-26(16)17)4-9-25(10-5-20)19-22-7-2-8-23-19/h1-3,6-8,12H,4-5,9-11,13-14H2. The molecule has 1 saturated heterocycles. The third-order valence-corrected chi connectivity index (χ3v) is 5.95. The van der Waals surface area contributed by atoms with E-state index in [1.165, 1.54) is 4.68 Å². The predicted molar refractivity (Wildman–Crippen MR) is 106 cm³/mol. The van der Waals surface area contributed by atoms with Gasteiger partial charge in [0.25, 0.3) is 0 Å². The summed E-state index contributed by atoms with van der Waals surface area (Å²) in [5.41, 5.74) is -0.255. The van der Waals surface area contributed by atoms with E-state index in [0.717, 1.165) is 37.4 Å². The Balaban J connectivity index is 1.38. The average molecular weight is 391 g/mol. The normalized spacial score (nSPS) is 17.4. The molecule has 0 unspecified atom stereocenters. The summed E-state index contributed by atoms with van der Waals surface area (Å²) in [4.78, 5) is 40.2. The third kappa shape index (κ3) is 3.22. The van der Waals surface area contributed by atoms with Crippen LogP contribution in [-0.4, -0.2) is 42.4 Å². The largest absolute Gasteiger partial charge is 0.341 e. The maximum atomic E-state index is 12.7. The van der Waals surface area contributed by atoms with E-state index in [1.807, 2.05) is 12.1 Å².